The van der Waals surface area contributed by atoms with E-state index >= 15 is 0 Å². The van der Waals surface area contributed by atoms with Crippen LogP contribution in [-0.4, -0.2) is 48.4 Å². The third kappa shape index (κ3) is 5.73. The largest absolute Gasteiger partial charge is 0.399 e. The predicted molar refractivity (Wildman–Crippen MR) is 92.5 cm³/mol. The Balaban J connectivity index is 0.00000200. The Labute approximate surface area is 139 Å². The molecule has 1 aromatic rings. The summed E-state index contributed by atoms with van der Waals surface area (Å²) in [4.78, 5) is 16.7. The molecule has 0 unspecified atom stereocenters. The van der Waals surface area contributed by atoms with Gasteiger partial charge in [-0.15, -0.1) is 24.8 Å². The number of nitrogen functional groups attached to an aromatic ring is 1. The zero-order valence-electron chi connectivity index (χ0n) is 12.6. The topological polar surface area (TPSA) is 49.6 Å². The van der Waals surface area contributed by atoms with Gasteiger partial charge in [-0.2, -0.15) is 0 Å². The predicted octanol–water partition coefficient (Wildman–Crippen LogP) is 2.53. The minimum atomic E-state index is 0. The molecule has 0 aliphatic carbocycles. The molecule has 1 aliphatic rings. The van der Waals surface area contributed by atoms with Gasteiger partial charge >= 0.3 is 0 Å². The minimum absolute atomic E-state index is 0. The fraction of sp³-hybridized carbons (Fsp3) is 0.533. The molecule has 1 heterocycles. The van der Waals surface area contributed by atoms with E-state index < -0.39 is 0 Å². The molecular formula is C15H25Cl2N3O. The molecule has 6 heteroatoms. The van der Waals surface area contributed by atoms with Crippen molar-refractivity contribution in [3.8, 4) is 0 Å². The number of nitrogens with zero attached hydrogens (tertiary/aromatic N) is 2. The average Bonchev–Trinajstić information content (AvgIpc) is 2.38. The molecule has 0 atom stereocenters. The number of rotatable bonds is 3. The summed E-state index contributed by atoms with van der Waals surface area (Å²) in [6.07, 6.45) is 0. The van der Waals surface area contributed by atoms with Crippen LogP contribution < -0.4 is 5.73 Å². The third-order valence-corrected chi connectivity index (χ3v) is 3.42. The maximum Gasteiger partial charge on any atom is 0.254 e. The summed E-state index contributed by atoms with van der Waals surface area (Å²) in [5.41, 5.74) is 7.06. The van der Waals surface area contributed by atoms with E-state index in [0.29, 0.717) is 17.2 Å². The van der Waals surface area contributed by atoms with E-state index in [-0.39, 0.29) is 30.7 Å². The average molecular weight is 334 g/mol. The molecule has 0 radical (unpaired) electrons. The minimum Gasteiger partial charge on any atom is -0.399 e. The maximum absolute atomic E-state index is 12.3. The molecule has 2 N–H and O–H groups in total. The van der Waals surface area contributed by atoms with Gasteiger partial charge in [0, 0.05) is 44.0 Å². The Morgan fingerprint density at radius 2 is 1.81 bits per heavy atom. The molecule has 0 spiro atoms. The Kier molecular flexibility index (Phi) is 8.71. The van der Waals surface area contributed by atoms with Crippen molar-refractivity contribution in [3.05, 3.63) is 29.8 Å². The molecule has 0 aromatic heterocycles. The van der Waals surface area contributed by atoms with Gasteiger partial charge in [0.2, 0.25) is 0 Å². The number of hydrogen-bond donors (Lipinski definition) is 1. The van der Waals surface area contributed by atoms with Gasteiger partial charge in [0.15, 0.2) is 0 Å². The zero-order valence-corrected chi connectivity index (χ0v) is 14.3. The highest BCUT2D eigenvalue weighted by Gasteiger charge is 2.22. The van der Waals surface area contributed by atoms with E-state index in [0.717, 1.165) is 32.7 Å². The molecule has 21 heavy (non-hydrogen) atoms. The highest BCUT2D eigenvalue weighted by molar-refractivity contribution is 5.95. The summed E-state index contributed by atoms with van der Waals surface area (Å²) < 4.78 is 0. The first-order chi connectivity index (χ1) is 9.06. The van der Waals surface area contributed by atoms with Crippen LogP contribution in [0.2, 0.25) is 0 Å². The number of carbonyl (C=O) groups excluding carboxylic acids is 1. The van der Waals surface area contributed by atoms with Gasteiger partial charge < -0.3 is 10.6 Å². The van der Waals surface area contributed by atoms with Crippen molar-refractivity contribution < 1.29 is 4.79 Å². The summed E-state index contributed by atoms with van der Waals surface area (Å²) in [5, 5.41) is 0. The first kappa shape index (κ1) is 20.0. The normalized spacial score (nSPS) is 15.3. The number of piperazine rings is 1. The number of carbonyl (C=O) groups is 1. The lowest BCUT2D eigenvalue weighted by molar-refractivity contribution is 0.0624. The van der Waals surface area contributed by atoms with E-state index in [4.69, 9.17) is 5.73 Å². The molecule has 1 aromatic carbocycles. The van der Waals surface area contributed by atoms with Gasteiger partial charge in [0.05, 0.1) is 0 Å². The second kappa shape index (κ2) is 9.13. The second-order valence-corrected chi connectivity index (χ2v) is 5.61. The van der Waals surface area contributed by atoms with Crippen LogP contribution in [0.15, 0.2) is 24.3 Å². The third-order valence-electron chi connectivity index (χ3n) is 3.42. The summed E-state index contributed by atoms with van der Waals surface area (Å²) in [7, 11) is 0. The summed E-state index contributed by atoms with van der Waals surface area (Å²) in [5.74, 6) is 0.771. The molecule has 2 rings (SSSR count). The highest BCUT2D eigenvalue weighted by Crippen LogP contribution is 2.12. The lowest BCUT2D eigenvalue weighted by Gasteiger charge is -2.35. The van der Waals surface area contributed by atoms with Gasteiger partial charge in [-0.05, 0) is 24.1 Å². The van der Waals surface area contributed by atoms with Gasteiger partial charge in [-0.25, -0.2) is 0 Å². The van der Waals surface area contributed by atoms with Gasteiger partial charge in [-0.1, -0.05) is 19.9 Å². The lowest BCUT2D eigenvalue weighted by atomic mass is 10.1. The van der Waals surface area contributed by atoms with E-state index in [9.17, 15) is 4.79 Å². The van der Waals surface area contributed by atoms with Crippen molar-refractivity contribution in [3.63, 3.8) is 0 Å². The molecule has 1 amide bonds. The zero-order chi connectivity index (χ0) is 13.8. The van der Waals surface area contributed by atoms with Crippen LogP contribution in [0, 0.1) is 5.92 Å². The number of halogens is 2. The van der Waals surface area contributed by atoms with Crippen molar-refractivity contribution in [1.29, 1.82) is 0 Å². The van der Waals surface area contributed by atoms with Gasteiger partial charge in [0.25, 0.3) is 5.91 Å². The number of benzene rings is 1. The van der Waals surface area contributed by atoms with Crippen LogP contribution in [0.3, 0.4) is 0 Å². The molecule has 1 saturated heterocycles. The van der Waals surface area contributed by atoms with E-state index in [2.05, 4.69) is 18.7 Å². The van der Waals surface area contributed by atoms with Crippen LogP contribution in [0.4, 0.5) is 5.69 Å². The van der Waals surface area contributed by atoms with Crippen molar-refractivity contribution in [2.75, 3.05) is 38.5 Å². The summed E-state index contributed by atoms with van der Waals surface area (Å²) in [6.45, 7) is 9.11. The molecule has 1 fully saturated rings. The highest BCUT2D eigenvalue weighted by atomic mass is 35.5. The van der Waals surface area contributed by atoms with Crippen LogP contribution >= 0.6 is 24.8 Å². The van der Waals surface area contributed by atoms with E-state index in [1.165, 1.54) is 0 Å². The summed E-state index contributed by atoms with van der Waals surface area (Å²) >= 11 is 0. The Morgan fingerprint density at radius 3 is 2.33 bits per heavy atom. The SMILES string of the molecule is CC(C)CN1CCN(C(=O)c2cccc(N)c2)CC1.Cl.Cl. The van der Waals surface area contributed by atoms with Crippen LogP contribution in [0.5, 0.6) is 0 Å². The molecule has 4 nitrogen and oxygen atoms in total. The number of nitrogens with two attached hydrogens (primary N) is 1. The molecule has 120 valence electrons. The number of anilines is 1. The molecule has 0 bridgehead atoms. The Morgan fingerprint density at radius 1 is 1.19 bits per heavy atom. The fourth-order valence-corrected chi connectivity index (χ4v) is 2.50. The van der Waals surface area contributed by atoms with Crippen molar-refractivity contribution in [2.45, 2.75) is 13.8 Å². The Hall–Kier alpha value is -0.970. The smallest absolute Gasteiger partial charge is 0.254 e. The Bertz CT molecular complexity index is 446. The maximum atomic E-state index is 12.3. The van der Waals surface area contributed by atoms with Gasteiger partial charge in [-0.3, -0.25) is 9.69 Å². The van der Waals surface area contributed by atoms with Crippen LogP contribution in [0.1, 0.15) is 24.2 Å². The molecule has 1 aliphatic heterocycles. The second-order valence-electron chi connectivity index (χ2n) is 5.61. The fourth-order valence-electron chi connectivity index (χ4n) is 2.50. The standard InChI is InChI=1S/C15H23N3O.2ClH/c1-12(2)11-17-6-8-18(9-7-17)15(19)13-4-3-5-14(16)10-13;;/h3-5,10,12H,6-9,11,16H2,1-2H3;2*1H. The molecular weight excluding hydrogens is 309 g/mol. The van der Waals surface area contributed by atoms with Crippen LogP contribution in [-0.2, 0) is 0 Å². The van der Waals surface area contributed by atoms with Crippen molar-refractivity contribution in [1.82, 2.24) is 9.80 Å². The van der Waals surface area contributed by atoms with Crippen molar-refractivity contribution in [2.24, 2.45) is 5.92 Å². The quantitative estimate of drug-likeness (QED) is 0.864. The number of amides is 1. The monoisotopic (exact) mass is 333 g/mol. The van der Waals surface area contributed by atoms with Crippen molar-refractivity contribution >= 4 is 36.4 Å². The van der Waals surface area contributed by atoms with Crippen LogP contribution in [0.25, 0.3) is 0 Å². The molecule has 0 saturated carbocycles. The summed E-state index contributed by atoms with van der Waals surface area (Å²) in [6, 6.07) is 7.22. The first-order valence-electron chi connectivity index (χ1n) is 6.93. The number of hydrogen-bond acceptors (Lipinski definition) is 3. The van der Waals surface area contributed by atoms with E-state index in [1.54, 1.807) is 12.1 Å². The van der Waals surface area contributed by atoms with Gasteiger partial charge in [0.1, 0.15) is 0 Å². The van der Waals surface area contributed by atoms with E-state index in [1.807, 2.05) is 17.0 Å². The lowest BCUT2D eigenvalue weighted by Crippen LogP contribution is -2.49. The first-order valence-corrected chi connectivity index (χ1v) is 6.93.